The number of hydrogen-bond acceptors (Lipinski definition) is 7. The smallest absolute Gasteiger partial charge is 0.416 e. The van der Waals surface area contributed by atoms with Crippen molar-refractivity contribution in [2.45, 2.75) is 19.2 Å². The number of esters is 1. The summed E-state index contributed by atoms with van der Waals surface area (Å²) < 4.78 is 48.8. The van der Waals surface area contributed by atoms with Crippen molar-refractivity contribution >= 4 is 28.9 Å². The number of carbonyl (C=O) groups is 2. The van der Waals surface area contributed by atoms with Crippen LogP contribution in [0, 0.1) is 10.1 Å². The van der Waals surface area contributed by atoms with Crippen LogP contribution in [0.15, 0.2) is 42.5 Å². The van der Waals surface area contributed by atoms with Crippen molar-refractivity contribution in [2.24, 2.45) is 0 Å². The molecule has 0 saturated carbocycles. The minimum atomic E-state index is -4.58. The minimum Gasteiger partial charge on any atom is -0.449 e. The molecule has 0 unspecified atom stereocenters. The van der Waals surface area contributed by atoms with E-state index in [2.05, 4.69) is 5.32 Å². The van der Waals surface area contributed by atoms with Crippen LogP contribution in [0.2, 0.25) is 0 Å². The molecule has 9 nitrogen and oxygen atoms in total. The molecule has 176 valence electrons. The number of nitro benzene ring substituents is 1. The predicted octanol–water partition coefficient (Wildman–Crippen LogP) is 3.63. The van der Waals surface area contributed by atoms with Gasteiger partial charge in [0.2, 0.25) is 0 Å². The lowest BCUT2D eigenvalue weighted by Crippen LogP contribution is -2.36. The largest absolute Gasteiger partial charge is 0.449 e. The first kappa shape index (κ1) is 24.0. The number of amides is 1. The zero-order valence-electron chi connectivity index (χ0n) is 17.4. The molecule has 1 N–H and O–H groups in total. The number of nitrogens with zero attached hydrogens (tertiary/aromatic N) is 2. The summed E-state index contributed by atoms with van der Waals surface area (Å²) in [4.78, 5) is 37.4. The molecular weight excluding hydrogens is 447 g/mol. The molecule has 1 fully saturated rings. The lowest BCUT2D eigenvalue weighted by Gasteiger charge is -2.28. The summed E-state index contributed by atoms with van der Waals surface area (Å²) in [6.45, 7) is 2.98. The standard InChI is InChI=1S/C21H20F3N3O6/c1-13(19(28)25-16-4-2-3-15(12-16)21(22,23)24)33-20(29)14-5-6-17(18(11-14)27(30)31)26-7-9-32-10-8-26/h2-6,11-13H,7-10H2,1H3,(H,25,28)/t13-/m0/s1. The topological polar surface area (TPSA) is 111 Å². The molecule has 0 bridgehead atoms. The first-order valence-electron chi connectivity index (χ1n) is 9.86. The van der Waals surface area contributed by atoms with Gasteiger partial charge in [0, 0.05) is 24.8 Å². The molecule has 0 aromatic heterocycles. The third-order valence-electron chi connectivity index (χ3n) is 4.87. The SMILES string of the molecule is C[C@H](OC(=O)c1ccc(N2CCOCC2)c([N+](=O)[O-])c1)C(=O)Nc1cccc(C(F)(F)F)c1. The summed E-state index contributed by atoms with van der Waals surface area (Å²) in [6, 6.07) is 7.82. The lowest BCUT2D eigenvalue weighted by atomic mass is 10.1. The van der Waals surface area contributed by atoms with Gasteiger partial charge in [-0.15, -0.1) is 0 Å². The molecule has 1 aliphatic heterocycles. The number of alkyl halides is 3. The van der Waals surface area contributed by atoms with E-state index in [1.807, 2.05) is 0 Å². The monoisotopic (exact) mass is 467 g/mol. The maximum atomic E-state index is 12.8. The molecule has 0 aliphatic carbocycles. The Labute approximate surface area is 186 Å². The Morgan fingerprint density at radius 3 is 2.52 bits per heavy atom. The number of benzene rings is 2. The highest BCUT2D eigenvalue weighted by atomic mass is 19.4. The van der Waals surface area contributed by atoms with Gasteiger partial charge in [0.15, 0.2) is 6.10 Å². The molecule has 1 amide bonds. The van der Waals surface area contributed by atoms with Crippen molar-refractivity contribution in [3.63, 3.8) is 0 Å². The molecule has 1 aliphatic rings. The zero-order chi connectivity index (χ0) is 24.2. The molecule has 2 aromatic carbocycles. The third kappa shape index (κ3) is 5.98. The highest BCUT2D eigenvalue weighted by Crippen LogP contribution is 2.31. The maximum Gasteiger partial charge on any atom is 0.416 e. The van der Waals surface area contributed by atoms with Crippen LogP contribution in [0.4, 0.5) is 30.2 Å². The van der Waals surface area contributed by atoms with E-state index >= 15 is 0 Å². The molecule has 2 aromatic rings. The summed E-state index contributed by atoms with van der Waals surface area (Å²) in [5.41, 5.74) is -1.18. The number of rotatable bonds is 6. The molecule has 0 radical (unpaired) electrons. The van der Waals surface area contributed by atoms with E-state index in [4.69, 9.17) is 9.47 Å². The molecule has 1 saturated heterocycles. The number of nitrogens with one attached hydrogen (secondary N) is 1. The molecular formula is C21H20F3N3O6. The van der Waals surface area contributed by atoms with Gasteiger partial charge in [0.05, 0.1) is 29.3 Å². The van der Waals surface area contributed by atoms with Crippen molar-refractivity contribution in [2.75, 3.05) is 36.5 Å². The van der Waals surface area contributed by atoms with Gasteiger partial charge in [-0.25, -0.2) is 4.79 Å². The quantitative estimate of drug-likeness (QED) is 0.392. The molecule has 12 heteroatoms. The van der Waals surface area contributed by atoms with Crippen LogP contribution in [0.25, 0.3) is 0 Å². The Balaban J connectivity index is 1.69. The van der Waals surface area contributed by atoms with E-state index in [1.165, 1.54) is 25.1 Å². The molecule has 0 spiro atoms. The first-order valence-corrected chi connectivity index (χ1v) is 9.86. The van der Waals surface area contributed by atoms with Gasteiger partial charge in [0.25, 0.3) is 11.6 Å². The van der Waals surface area contributed by atoms with Crippen molar-refractivity contribution in [3.8, 4) is 0 Å². The molecule has 3 rings (SSSR count). The maximum absolute atomic E-state index is 12.8. The molecule has 1 heterocycles. The number of morpholine rings is 1. The van der Waals surface area contributed by atoms with E-state index in [-0.39, 0.29) is 16.9 Å². The van der Waals surface area contributed by atoms with Crippen LogP contribution in [0.1, 0.15) is 22.8 Å². The van der Waals surface area contributed by atoms with Crippen LogP contribution < -0.4 is 10.2 Å². The Bertz CT molecular complexity index is 1050. The fourth-order valence-corrected chi connectivity index (χ4v) is 3.17. The summed E-state index contributed by atoms with van der Waals surface area (Å²) in [5, 5.41) is 13.8. The second-order valence-electron chi connectivity index (χ2n) is 7.18. The van der Waals surface area contributed by atoms with E-state index in [1.54, 1.807) is 4.90 Å². The summed E-state index contributed by atoms with van der Waals surface area (Å²) in [7, 11) is 0. The van der Waals surface area contributed by atoms with Gasteiger partial charge in [0.1, 0.15) is 5.69 Å². The number of hydrogen-bond donors (Lipinski definition) is 1. The van der Waals surface area contributed by atoms with Gasteiger partial charge in [-0.2, -0.15) is 13.2 Å². The van der Waals surface area contributed by atoms with Gasteiger partial charge >= 0.3 is 12.1 Å². The van der Waals surface area contributed by atoms with Crippen molar-refractivity contribution < 1.29 is 37.2 Å². The second-order valence-corrected chi connectivity index (χ2v) is 7.18. The fraction of sp³-hybridized carbons (Fsp3) is 0.333. The first-order chi connectivity index (χ1) is 15.6. The van der Waals surface area contributed by atoms with E-state index in [0.29, 0.717) is 32.0 Å². The lowest BCUT2D eigenvalue weighted by molar-refractivity contribution is -0.384. The highest BCUT2D eigenvalue weighted by Gasteiger charge is 2.31. The van der Waals surface area contributed by atoms with Crippen LogP contribution >= 0.6 is 0 Å². The van der Waals surface area contributed by atoms with Crippen LogP contribution in [0.3, 0.4) is 0 Å². The van der Waals surface area contributed by atoms with Gasteiger partial charge in [-0.05, 0) is 37.3 Å². The van der Waals surface area contributed by atoms with Crippen molar-refractivity contribution in [1.29, 1.82) is 0 Å². The van der Waals surface area contributed by atoms with Crippen LogP contribution in [-0.2, 0) is 20.4 Å². The number of nitro groups is 1. The van der Waals surface area contributed by atoms with Crippen molar-refractivity contribution in [1.82, 2.24) is 0 Å². The third-order valence-corrected chi connectivity index (χ3v) is 4.87. The Morgan fingerprint density at radius 1 is 1.18 bits per heavy atom. The van der Waals surface area contributed by atoms with Crippen LogP contribution in [-0.4, -0.2) is 49.2 Å². The van der Waals surface area contributed by atoms with E-state index in [0.717, 1.165) is 24.3 Å². The highest BCUT2D eigenvalue weighted by molar-refractivity contribution is 5.98. The van der Waals surface area contributed by atoms with Gasteiger partial charge in [-0.3, -0.25) is 14.9 Å². The fourth-order valence-electron chi connectivity index (χ4n) is 3.17. The van der Waals surface area contributed by atoms with E-state index < -0.39 is 34.6 Å². The normalized spacial score (nSPS) is 15.0. The van der Waals surface area contributed by atoms with Crippen LogP contribution in [0.5, 0.6) is 0 Å². The average molecular weight is 467 g/mol. The summed E-state index contributed by atoms with van der Waals surface area (Å²) in [6.07, 6.45) is -5.95. The Hall–Kier alpha value is -3.67. The molecule has 1 atom stereocenters. The number of halogens is 3. The van der Waals surface area contributed by atoms with Gasteiger partial charge in [-0.1, -0.05) is 6.07 Å². The number of anilines is 2. The van der Waals surface area contributed by atoms with Gasteiger partial charge < -0.3 is 19.7 Å². The van der Waals surface area contributed by atoms with E-state index in [9.17, 15) is 32.9 Å². The molecule has 33 heavy (non-hydrogen) atoms. The number of carbonyl (C=O) groups excluding carboxylic acids is 2. The Morgan fingerprint density at radius 2 is 1.88 bits per heavy atom. The average Bonchev–Trinajstić information content (AvgIpc) is 2.78. The number of ether oxygens (including phenoxy) is 2. The second kappa shape index (κ2) is 9.86. The summed E-state index contributed by atoms with van der Waals surface area (Å²) in [5.74, 6) is -1.85. The van der Waals surface area contributed by atoms with Crippen molar-refractivity contribution in [3.05, 3.63) is 63.7 Å². The Kier molecular flexibility index (Phi) is 7.16. The minimum absolute atomic E-state index is 0.122. The zero-order valence-corrected chi connectivity index (χ0v) is 17.4. The predicted molar refractivity (Wildman–Crippen MR) is 111 cm³/mol. The summed E-state index contributed by atoms with van der Waals surface area (Å²) >= 11 is 0.